The first-order chi connectivity index (χ1) is 13.6. The lowest BCUT2D eigenvalue weighted by Crippen LogP contribution is -2.25. The highest BCUT2D eigenvalue weighted by atomic mass is 35.5. The van der Waals surface area contributed by atoms with Crippen LogP contribution in [0, 0.1) is 0 Å². The summed E-state index contributed by atoms with van der Waals surface area (Å²) >= 11 is 11.7. The fourth-order valence-electron chi connectivity index (χ4n) is 2.62. The van der Waals surface area contributed by atoms with Crippen LogP contribution in [0.4, 0.5) is 18.9 Å². The van der Waals surface area contributed by atoms with Gasteiger partial charge in [0.1, 0.15) is 0 Å². The zero-order valence-electron chi connectivity index (χ0n) is 14.8. The van der Waals surface area contributed by atoms with E-state index in [0.717, 1.165) is 6.08 Å². The molecule has 1 amide bonds. The molecule has 5 nitrogen and oxygen atoms in total. The maximum atomic E-state index is 13.5. The van der Waals surface area contributed by atoms with Crippen LogP contribution in [0.5, 0.6) is 11.5 Å². The summed E-state index contributed by atoms with van der Waals surface area (Å²) in [4.78, 5) is 12.7. The van der Waals surface area contributed by atoms with Gasteiger partial charge in [-0.05, 0) is 55.0 Å². The topological polar surface area (TPSA) is 62.1 Å². The molecule has 0 saturated carbocycles. The number of carbonyl (C=O) groups is 1. The normalized spacial score (nSPS) is 15.8. The molecule has 0 bridgehead atoms. The number of halogens is 5. The summed E-state index contributed by atoms with van der Waals surface area (Å²) in [7, 11) is 0. The fraction of sp³-hybridized carbons (Fsp3) is 0.158. The van der Waals surface area contributed by atoms with E-state index in [4.69, 9.17) is 27.9 Å². The van der Waals surface area contributed by atoms with E-state index in [9.17, 15) is 23.1 Å². The highest BCUT2D eigenvalue weighted by Gasteiger charge is 2.46. The van der Waals surface area contributed by atoms with Gasteiger partial charge in [-0.2, -0.15) is 23.3 Å². The number of phenols is 1. The SMILES string of the molecule is CCOc1cc(C=C2C(=O)N(c3ccc(Cl)cc3)N=C2C(F)(F)F)cc(Cl)c1O. The Morgan fingerprint density at radius 3 is 2.45 bits per heavy atom. The standard InChI is InChI=1S/C19H13Cl2F3N2O3/c1-2-29-15-9-10(8-14(21)16(15)27)7-13-17(19(22,23)24)25-26(18(13)28)12-5-3-11(20)4-6-12/h3-9,27H,2H2,1H3. The van der Waals surface area contributed by atoms with Crippen molar-refractivity contribution in [2.75, 3.05) is 11.6 Å². The van der Waals surface area contributed by atoms with E-state index < -0.39 is 23.4 Å². The predicted octanol–water partition coefficient (Wildman–Crippen LogP) is 5.45. The van der Waals surface area contributed by atoms with E-state index in [2.05, 4.69) is 5.10 Å². The zero-order valence-corrected chi connectivity index (χ0v) is 16.3. The van der Waals surface area contributed by atoms with Gasteiger partial charge in [-0.15, -0.1) is 0 Å². The summed E-state index contributed by atoms with van der Waals surface area (Å²) in [6, 6.07) is 8.13. The van der Waals surface area contributed by atoms with Crippen LogP contribution in [-0.2, 0) is 4.79 Å². The number of hydrazone groups is 1. The van der Waals surface area contributed by atoms with Gasteiger partial charge in [-0.1, -0.05) is 23.2 Å². The van der Waals surface area contributed by atoms with Crippen LogP contribution in [0.25, 0.3) is 6.08 Å². The smallest absolute Gasteiger partial charge is 0.435 e. The van der Waals surface area contributed by atoms with Gasteiger partial charge in [-0.3, -0.25) is 4.79 Å². The first kappa shape index (κ1) is 21.0. The molecule has 1 N–H and O–H groups in total. The van der Waals surface area contributed by atoms with E-state index in [1.54, 1.807) is 6.92 Å². The largest absolute Gasteiger partial charge is 0.503 e. The highest BCUT2D eigenvalue weighted by Crippen LogP contribution is 2.38. The number of phenolic OH excluding ortho intramolecular Hbond substituents is 1. The van der Waals surface area contributed by atoms with Crippen molar-refractivity contribution in [2.45, 2.75) is 13.1 Å². The Morgan fingerprint density at radius 2 is 1.86 bits per heavy atom. The van der Waals surface area contributed by atoms with E-state index in [0.29, 0.717) is 10.0 Å². The second-order valence-electron chi connectivity index (χ2n) is 5.88. The van der Waals surface area contributed by atoms with E-state index in [1.165, 1.54) is 36.4 Å². The molecular formula is C19H13Cl2F3N2O3. The van der Waals surface area contributed by atoms with Gasteiger partial charge in [0.15, 0.2) is 17.2 Å². The maximum Gasteiger partial charge on any atom is 0.435 e. The number of aromatic hydroxyl groups is 1. The lowest BCUT2D eigenvalue weighted by molar-refractivity contribution is -0.114. The van der Waals surface area contributed by atoms with Gasteiger partial charge < -0.3 is 9.84 Å². The van der Waals surface area contributed by atoms with Crippen molar-refractivity contribution in [2.24, 2.45) is 5.10 Å². The van der Waals surface area contributed by atoms with Crippen molar-refractivity contribution >= 4 is 46.6 Å². The fourth-order valence-corrected chi connectivity index (χ4v) is 2.97. The maximum absolute atomic E-state index is 13.5. The molecule has 1 aliphatic rings. The van der Waals surface area contributed by atoms with Crippen molar-refractivity contribution in [3.63, 3.8) is 0 Å². The molecule has 29 heavy (non-hydrogen) atoms. The molecule has 3 rings (SSSR count). The van der Waals surface area contributed by atoms with Crippen molar-refractivity contribution in [1.29, 1.82) is 0 Å². The Bertz CT molecular complexity index is 1020. The van der Waals surface area contributed by atoms with Gasteiger partial charge in [-0.25, -0.2) is 0 Å². The molecule has 2 aromatic carbocycles. The summed E-state index contributed by atoms with van der Waals surface area (Å²) in [5, 5.41) is 14.2. The number of nitrogens with zero attached hydrogens (tertiary/aromatic N) is 2. The molecule has 0 aromatic heterocycles. The predicted molar refractivity (Wildman–Crippen MR) is 105 cm³/mol. The molecule has 0 aliphatic carbocycles. The molecule has 152 valence electrons. The van der Waals surface area contributed by atoms with E-state index in [-0.39, 0.29) is 34.4 Å². The second kappa shape index (κ2) is 7.96. The average molecular weight is 445 g/mol. The Hall–Kier alpha value is -2.71. The lowest BCUT2D eigenvalue weighted by atomic mass is 10.1. The van der Waals surface area contributed by atoms with Crippen LogP contribution in [0.1, 0.15) is 12.5 Å². The molecule has 0 fully saturated rings. The minimum Gasteiger partial charge on any atom is -0.503 e. The molecule has 1 heterocycles. The lowest BCUT2D eigenvalue weighted by Gasteiger charge is -2.11. The quantitative estimate of drug-likeness (QED) is 0.638. The first-order valence-electron chi connectivity index (χ1n) is 8.25. The van der Waals surface area contributed by atoms with Crippen molar-refractivity contribution in [3.05, 3.63) is 57.6 Å². The van der Waals surface area contributed by atoms with Gasteiger partial charge in [0, 0.05) is 5.02 Å². The molecular weight excluding hydrogens is 432 g/mol. The number of benzene rings is 2. The summed E-state index contributed by atoms with van der Waals surface area (Å²) in [5.74, 6) is -1.33. The summed E-state index contributed by atoms with van der Waals surface area (Å²) in [5.41, 5.74) is -1.76. The number of carbonyl (C=O) groups excluding carboxylic acids is 1. The third-order valence-corrected chi connectivity index (χ3v) is 4.42. The molecule has 2 aromatic rings. The third-order valence-electron chi connectivity index (χ3n) is 3.88. The van der Waals surface area contributed by atoms with Crippen LogP contribution in [0.2, 0.25) is 10.0 Å². The van der Waals surface area contributed by atoms with E-state index >= 15 is 0 Å². The molecule has 1 aliphatic heterocycles. The van der Waals surface area contributed by atoms with Crippen LogP contribution < -0.4 is 9.75 Å². The Balaban J connectivity index is 2.09. The van der Waals surface area contributed by atoms with E-state index in [1.807, 2.05) is 0 Å². The number of hydrogen-bond acceptors (Lipinski definition) is 4. The Labute approximate surface area is 173 Å². The van der Waals surface area contributed by atoms with Crippen LogP contribution >= 0.6 is 23.2 Å². The molecule has 0 radical (unpaired) electrons. The second-order valence-corrected chi connectivity index (χ2v) is 6.72. The van der Waals surface area contributed by atoms with Gasteiger partial charge in [0.25, 0.3) is 5.91 Å². The minimum absolute atomic E-state index is 0.0163. The van der Waals surface area contributed by atoms with Crippen LogP contribution in [-0.4, -0.2) is 29.5 Å². The number of hydrogen-bond donors (Lipinski definition) is 1. The third kappa shape index (κ3) is 4.33. The van der Waals surface area contributed by atoms with Crippen molar-refractivity contribution in [3.8, 4) is 11.5 Å². The minimum atomic E-state index is -4.87. The van der Waals surface area contributed by atoms with Gasteiger partial charge >= 0.3 is 6.18 Å². The van der Waals surface area contributed by atoms with Gasteiger partial charge in [0.05, 0.1) is 22.9 Å². The summed E-state index contributed by atoms with van der Waals surface area (Å²) < 4.78 is 45.8. The number of amides is 1. The van der Waals surface area contributed by atoms with Crippen LogP contribution in [0.3, 0.4) is 0 Å². The monoisotopic (exact) mass is 444 g/mol. The molecule has 0 saturated heterocycles. The number of anilines is 1. The van der Waals surface area contributed by atoms with Crippen molar-refractivity contribution < 1.29 is 27.8 Å². The number of alkyl halides is 3. The number of rotatable bonds is 4. The number of ether oxygens (including phenoxy) is 1. The first-order valence-corrected chi connectivity index (χ1v) is 9.00. The zero-order chi connectivity index (χ0) is 21.3. The Morgan fingerprint density at radius 1 is 1.21 bits per heavy atom. The molecule has 0 atom stereocenters. The molecule has 0 spiro atoms. The summed E-state index contributed by atoms with van der Waals surface area (Å²) in [6.45, 7) is 1.86. The van der Waals surface area contributed by atoms with Crippen molar-refractivity contribution in [1.82, 2.24) is 0 Å². The molecule has 10 heteroatoms. The average Bonchev–Trinajstić information content (AvgIpc) is 2.97. The molecule has 0 unspecified atom stereocenters. The highest BCUT2D eigenvalue weighted by molar-refractivity contribution is 6.35. The van der Waals surface area contributed by atoms with Crippen LogP contribution in [0.15, 0.2) is 47.1 Å². The van der Waals surface area contributed by atoms with Gasteiger partial charge in [0.2, 0.25) is 0 Å². The summed E-state index contributed by atoms with van der Waals surface area (Å²) in [6.07, 6.45) is -3.87. The Kier molecular flexibility index (Phi) is 5.77.